The number of esters is 1. The first-order chi connectivity index (χ1) is 17.2. The molecule has 1 unspecified atom stereocenters. The number of rotatable bonds is 9. The number of hydrogen-bond acceptors (Lipinski definition) is 7. The third kappa shape index (κ3) is 7.06. The lowest BCUT2D eigenvalue weighted by Crippen LogP contribution is -2.23. The fourth-order valence-corrected chi connectivity index (χ4v) is 5.04. The molecule has 0 spiro atoms. The quantitative estimate of drug-likeness (QED) is 0.200. The zero-order chi connectivity index (χ0) is 26.2. The summed E-state index contributed by atoms with van der Waals surface area (Å²) < 4.78 is 4.97. The van der Waals surface area contributed by atoms with Crippen LogP contribution in [0.5, 0.6) is 0 Å². The van der Waals surface area contributed by atoms with Gasteiger partial charge >= 0.3 is 11.9 Å². The topological polar surface area (TPSA) is 122 Å². The highest BCUT2D eigenvalue weighted by molar-refractivity contribution is 8.00. The van der Waals surface area contributed by atoms with Crippen molar-refractivity contribution >= 4 is 57.5 Å². The number of carboxylic acid groups (broad SMARTS) is 1. The van der Waals surface area contributed by atoms with Gasteiger partial charge in [-0.15, -0.1) is 23.1 Å². The van der Waals surface area contributed by atoms with Crippen LogP contribution in [-0.4, -0.2) is 41.2 Å². The zero-order valence-corrected chi connectivity index (χ0v) is 21.4. The van der Waals surface area contributed by atoms with E-state index in [1.165, 1.54) is 30.2 Å². The summed E-state index contributed by atoms with van der Waals surface area (Å²) in [5, 5.41) is 15.7. The minimum Gasteiger partial charge on any atom is -0.478 e. The number of thiophene rings is 1. The first-order valence-corrected chi connectivity index (χ1v) is 12.5. The maximum Gasteiger partial charge on any atom is 0.341 e. The Morgan fingerprint density at radius 3 is 2.44 bits per heavy atom. The molecule has 8 nitrogen and oxygen atoms in total. The van der Waals surface area contributed by atoms with Gasteiger partial charge in [0.05, 0.1) is 12.4 Å². The number of carboxylic acids is 1. The van der Waals surface area contributed by atoms with Gasteiger partial charge in [0.15, 0.2) is 0 Å². The van der Waals surface area contributed by atoms with Crippen molar-refractivity contribution in [2.75, 3.05) is 17.7 Å². The van der Waals surface area contributed by atoms with E-state index in [4.69, 9.17) is 9.84 Å². The number of anilines is 2. The smallest absolute Gasteiger partial charge is 0.341 e. The predicted octanol–water partition coefficient (Wildman–Crippen LogP) is 5.21. The first-order valence-electron chi connectivity index (χ1n) is 10.7. The lowest BCUT2D eigenvalue weighted by Gasteiger charge is -2.13. The number of thioether (sulfide) groups is 1. The van der Waals surface area contributed by atoms with Gasteiger partial charge in [0.2, 0.25) is 11.8 Å². The summed E-state index contributed by atoms with van der Waals surface area (Å²) in [7, 11) is 1.30. The number of amides is 2. The van der Waals surface area contributed by atoms with Crippen molar-refractivity contribution in [3.63, 3.8) is 0 Å². The minimum atomic E-state index is -1.22. The summed E-state index contributed by atoms with van der Waals surface area (Å²) in [6.45, 7) is 3.70. The number of hydrogen-bond donors (Lipinski definition) is 3. The zero-order valence-electron chi connectivity index (χ0n) is 19.7. The van der Waals surface area contributed by atoms with Gasteiger partial charge in [-0.2, -0.15) is 0 Å². The van der Waals surface area contributed by atoms with Crippen molar-refractivity contribution in [1.82, 2.24) is 0 Å². The summed E-state index contributed by atoms with van der Waals surface area (Å²) >= 11 is 2.52. The van der Waals surface area contributed by atoms with E-state index in [-0.39, 0.29) is 5.91 Å². The van der Waals surface area contributed by atoms with Gasteiger partial charge in [0.25, 0.3) is 0 Å². The second-order valence-corrected chi connectivity index (χ2v) is 9.94. The van der Waals surface area contributed by atoms with Crippen LogP contribution in [0.2, 0.25) is 0 Å². The van der Waals surface area contributed by atoms with Crippen LogP contribution >= 0.6 is 23.1 Å². The summed E-state index contributed by atoms with van der Waals surface area (Å²) in [6, 6.07) is 14.6. The number of carbonyl (C=O) groups is 4. The molecule has 10 heteroatoms. The molecule has 3 N–H and O–H groups in total. The highest BCUT2D eigenvalue weighted by Gasteiger charge is 2.24. The van der Waals surface area contributed by atoms with Crippen LogP contribution < -0.4 is 10.6 Å². The van der Waals surface area contributed by atoms with E-state index in [1.54, 1.807) is 31.2 Å². The molecule has 0 saturated heterocycles. The van der Waals surface area contributed by atoms with E-state index >= 15 is 0 Å². The molecule has 3 rings (SSSR count). The van der Waals surface area contributed by atoms with Gasteiger partial charge in [0, 0.05) is 33.7 Å². The number of aliphatic carboxylic acids is 1. The van der Waals surface area contributed by atoms with Crippen LogP contribution in [0.3, 0.4) is 0 Å². The number of nitrogens with one attached hydrogen (secondary N) is 2. The molecule has 36 heavy (non-hydrogen) atoms. The van der Waals surface area contributed by atoms with Crippen molar-refractivity contribution in [2.24, 2.45) is 0 Å². The molecule has 2 amide bonds. The first kappa shape index (κ1) is 26.7. The van der Waals surface area contributed by atoms with E-state index in [0.717, 1.165) is 28.2 Å². The molecule has 0 aliphatic heterocycles. The lowest BCUT2D eigenvalue weighted by atomic mass is 10.0. The average molecular weight is 525 g/mol. The molecule has 0 aliphatic rings. The molecule has 1 aromatic heterocycles. The monoisotopic (exact) mass is 524 g/mol. The Balaban J connectivity index is 1.73. The fraction of sp³-hybridized carbons (Fsp3) is 0.154. The van der Waals surface area contributed by atoms with Crippen LogP contribution in [0.1, 0.15) is 22.8 Å². The van der Waals surface area contributed by atoms with Gasteiger partial charge in [-0.05, 0) is 37.6 Å². The van der Waals surface area contributed by atoms with Crippen molar-refractivity contribution in [1.29, 1.82) is 0 Å². The SMILES string of the molecule is COC(=O)c1c(-c2ccc(C)cc2)csc1NC(=O)C(C)Sc1cccc(NC(=O)/C=C/C(=O)O)c1. The summed E-state index contributed by atoms with van der Waals surface area (Å²) in [5.41, 5.74) is 3.38. The Hall–Kier alpha value is -3.89. The van der Waals surface area contributed by atoms with Crippen LogP contribution in [0.25, 0.3) is 11.1 Å². The number of methoxy groups -OCH3 is 1. The van der Waals surface area contributed by atoms with Crippen LogP contribution in [0, 0.1) is 6.92 Å². The molecule has 0 bridgehead atoms. The second-order valence-electron chi connectivity index (χ2n) is 7.65. The lowest BCUT2D eigenvalue weighted by molar-refractivity contribution is -0.131. The minimum absolute atomic E-state index is 0.302. The molecule has 3 aromatic rings. The second kappa shape index (κ2) is 12.2. The van der Waals surface area contributed by atoms with Gasteiger partial charge in [-0.1, -0.05) is 35.9 Å². The molecule has 0 saturated carbocycles. The maximum atomic E-state index is 13.0. The summed E-state index contributed by atoms with van der Waals surface area (Å²) in [5.74, 6) is -2.65. The number of benzene rings is 2. The Morgan fingerprint density at radius 2 is 1.78 bits per heavy atom. The van der Waals surface area contributed by atoms with E-state index < -0.39 is 23.1 Å². The highest BCUT2D eigenvalue weighted by atomic mass is 32.2. The van der Waals surface area contributed by atoms with Gasteiger partial charge in [-0.3, -0.25) is 9.59 Å². The van der Waals surface area contributed by atoms with Crippen molar-refractivity contribution in [3.05, 3.63) is 77.2 Å². The summed E-state index contributed by atoms with van der Waals surface area (Å²) in [6.07, 6.45) is 1.67. The van der Waals surface area contributed by atoms with E-state index in [1.807, 2.05) is 36.6 Å². The molecule has 0 radical (unpaired) electrons. The molecule has 0 aliphatic carbocycles. The average Bonchev–Trinajstić information content (AvgIpc) is 3.26. The van der Waals surface area contributed by atoms with Crippen molar-refractivity contribution < 1.29 is 29.0 Å². The highest BCUT2D eigenvalue weighted by Crippen LogP contribution is 2.37. The Bertz CT molecular complexity index is 1310. The Labute approximate surface area is 216 Å². The van der Waals surface area contributed by atoms with Crippen molar-refractivity contribution in [2.45, 2.75) is 24.0 Å². The van der Waals surface area contributed by atoms with E-state index in [0.29, 0.717) is 21.8 Å². The summed E-state index contributed by atoms with van der Waals surface area (Å²) in [4.78, 5) is 48.6. The third-order valence-corrected chi connectivity index (χ3v) is 6.93. The number of carbonyl (C=O) groups excluding carboxylic acids is 3. The molecule has 2 aromatic carbocycles. The Morgan fingerprint density at radius 1 is 1.06 bits per heavy atom. The molecular weight excluding hydrogens is 500 g/mol. The van der Waals surface area contributed by atoms with Crippen molar-refractivity contribution in [3.8, 4) is 11.1 Å². The van der Waals surface area contributed by atoms with Crippen LogP contribution in [-0.2, 0) is 19.1 Å². The number of aryl methyl sites for hydroxylation is 1. The Kier molecular flexibility index (Phi) is 9.04. The largest absolute Gasteiger partial charge is 0.478 e. The maximum absolute atomic E-state index is 13.0. The van der Waals surface area contributed by atoms with Crippen LogP contribution in [0.15, 0.2) is 71.0 Å². The van der Waals surface area contributed by atoms with Gasteiger partial charge in [0.1, 0.15) is 10.6 Å². The van der Waals surface area contributed by atoms with Gasteiger partial charge in [-0.25, -0.2) is 9.59 Å². The molecule has 186 valence electrons. The standard InChI is InChI=1S/C26H24N2O6S2/c1-15-7-9-17(10-8-15)20-14-35-25(23(20)26(33)34-3)28-24(32)16(2)36-19-6-4-5-18(13-19)27-21(29)11-12-22(30)31/h4-14,16H,1-3H3,(H,27,29)(H,28,32)(H,30,31)/b12-11+. The predicted molar refractivity (Wildman–Crippen MR) is 142 cm³/mol. The van der Waals surface area contributed by atoms with E-state index in [2.05, 4.69) is 10.6 Å². The molecule has 1 heterocycles. The normalized spacial score (nSPS) is 11.6. The third-order valence-electron chi connectivity index (χ3n) is 4.94. The van der Waals surface area contributed by atoms with Gasteiger partial charge < -0.3 is 20.5 Å². The fourth-order valence-electron chi connectivity index (χ4n) is 3.15. The molecule has 1 atom stereocenters. The van der Waals surface area contributed by atoms with Crippen LogP contribution in [0.4, 0.5) is 10.7 Å². The van der Waals surface area contributed by atoms with E-state index in [9.17, 15) is 19.2 Å². The number of ether oxygens (including phenoxy) is 1. The molecular formula is C26H24N2O6S2. The molecule has 0 fully saturated rings.